The first-order valence-corrected chi connectivity index (χ1v) is 9.51. The van der Waals surface area contributed by atoms with E-state index in [9.17, 15) is 9.90 Å². The highest BCUT2D eigenvalue weighted by Gasteiger charge is 2.32. The second kappa shape index (κ2) is 8.89. The molecule has 25 heavy (non-hydrogen) atoms. The molecule has 0 aliphatic carbocycles. The number of hydrogen-bond donors (Lipinski definition) is 1. The molecule has 0 saturated heterocycles. The number of carbonyl (C=O) groups excluding carboxylic acids is 1. The minimum atomic E-state index is -1.26. The Morgan fingerprint density at radius 3 is 2.76 bits per heavy atom. The zero-order valence-corrected chi connectivity index (χ0v) is 16.4. The van der Waals surface area contributed by atoms with Crippen LogP contribution in [0.4, 0.5) is 0 Å². The molecule has 9 heteroatoms. The maximum atomic E-state index is 11.7. The summed E-state index contributed by atoms with van der Waals surface area (Å²) in [4.78, 5) is 17.1. The number of aromatic nitrogens is 3. The standard InChI is InChI=1S/C16H20Cl2N4O2S/c1-21(2)15(23)5-6-25-9-16(24,8-22-11-19-10-20-22)13-4-3-12(17)7-14(13)18/h3-4,7,10-11,24H,5-6,8-9H2,1-2H3. The summed E-state index contributed by atoms with van der Waals surface area (Å²) in [5.74, 6) is 1.01. The lowest BCUT2D eigenvalue weighted by atomic mass is 9.95. The van der Waals surface area contributed by atoms with E-state index < -0.39 is 5.60 Å². The summed E-state index contributed by atoms with van der Waals surface area (Å²) < 4.78 is 1.55. The van der Waals surface area contributed by atoms with Crippen LogP contribution in [0.15, 0.2) is 30.9 Å². The first-order valence-electron chi connectivity index (χ1n) is 7.60. The molecule has 136 valence electrons. The zero-order valence-electron chi connectivity index (χ0n) is 14.0. The number of benzene rings is 1. The third-order valence-electron chi connectivity index (χ3n) is 3.62. The molecule has 1 amide bonds. The Morgan fingerprint density at radius 2 is 2.16 bits per heavy atom. The largest absolute Gasteiger partial charge is 0.382 e. The Kier molecular flexibility index (Phi) is 7.13. The zero-order chi connectivity index (χ0) is 18.4. The molecule has 2 aromatic rings. The fourth-order valence-corrected chi connectivity index (χ4v) is 3.91. The van der Waals surface area contributed by atoms with Crippen molar-refractivity contribution in [3.05, 3.63) is 46.5 Å². The van der Waals surface area contributed by atoms with Crippen LogP contribution in [0.5, 0.6) is 0 Å². The number of nitrogens with zero attached hydrogens (tertiary/aromatic N) is 4. The molecule has 0 saturated carbocycles. The molecule has 1 aromatic carbocycles. The maximum Gasteiger partial charge on any atom is 0.222 e. The number of thioether (sulfide) groups is 1. The highest BCUT2D eigenvalue weighted by atomic mass is 35.5. The van der Waals surface area contributed by atoms with E-state index >= 15 is 0 Å². The van der Waals surface area contributed by atoms with Gasteiger partial charge in [0.1, 0.15) is 18.3 Å². The summed E-state index contributed by atoms with van der Waals surface area (Å²) >= 11 is 13.7. The van der Waals surface area contributed by atoms with Crippen molar-refractivity contribution in [2.45, 2.75) is 18.6 Å². The number of halogens is 2. The number of hydrogen-bond acceptors (Lipinski definition) is 5. The van der Waals surface area contributed by atoms with Crippen molar-refractivity contribution in [3.63, 3.8) is 0 Å². The van der Waals surface area contributed by atoms with Crippen molar-refractivity contribution in [3.8, 4) is 0 Å². The van der Waals surface area contributed by atoms with Gasteiger partial charge >= 0.3 is 0 Å². The number of amides is 1. The maximum absolute atomic E-state index is 11.7. The lowest BCUT2D eigenvalue weighted by Crippen LogP contribution is -2.35. The Bertz CT molecular complexity index is 712. The van der Waals surface area contributed by atoms with Gasteiger partial charge in [0.15, 0.2) is 0 Å². The van der Waals surface area contributed by atoms with Gasteiger partial charge < -0.3 is 10.0 Å². The summed E-state index contributed by atoms with van der Waals surface area (Å²) in [6.07, 6.45) is 3.35. The van der Waals surface area contributed by atoms with Gasteiger partial charge in [-0.3, -0.25) is 4.79 Å². The molecule has 0 aliphatic heterocycles. The predicted molar refractivity (Wildman–Crippen MR) is 101 cm³/mol. The molecule has 0 fully saturated rings. The van der Waals surface area contributed by atoms with E-state index in [-0.39, 0.29) is 12.5 Å². The van der Waals surface area contributed by atoms with Crippen LogP contribution in [-0.2, 0) is 16.9 Å². The first kappa shape index (κ1) is 20.0. The third kappa shape index (κ3) is 5.60. The number of carbonyl (C=O) groups is 1. The van der Waals surface area contributed by atoms with Crippen LogP contribution in [-0.4, -0.2) is 56.3 Å². The fraction of sp³-hybridized carbons (Fsp3) is 0.438. The summed E-state index contributed by atoms with van der Waals surface area (Å²) in [5, 5.41) is 16.2. The third-order valence-corrected chi connectivity index (χ3v) is 5.34. The molecular weight excluding hydrogens is 383 g/mol. The fourth-order valence-electron chi connectivity index (χ4n) is 2.28. The van der Waals surface area contributed by atoms with Crippen molar-refractivity contribution < 1.29 is 9.90 Å². The topological polar surface area (TPSA) is 71.2 Å². The van der Waals surface area contributed by atoms with Gasteiger partial charge in [-0.1, -0.05) is 29.3 Å². The normalized spacial score (nSPS) is 13.5. The monoisotopic (exact) mass is 402 g/mol. The van der Waals surface area contributed by atoms with E-state index in [1.165, 1.54) is 24.4 Å². The molecule has 1 heterocycles. The Balaban J connectivity index is 2.13. The van der Waals surface area contributed by atoms with Crippen LogP contribution in [0.3, 0.4) is 0 Å². The van der Waals surface area contributed by atoms with E-state index in [0.717, 1.165) is 0 Å². The lowest BCUT2D eigenvalue weighted by molar-refractivity contribution is -0.128. The molecule has 2 rings (SSSR count). The summed E-state index contributed by atoms with van der Waals surface area (Å²) in [7, 11) is 3.45. The van der Waals surface area contributed by atoms with Crippen molar-refractivity contribution in [1.29, 1.82) is 0 Å². The van der Waals surface area contributed by atoms with Crippen molar-refractivity contribution >= 4 is 40.9 Å². The van der Waals surface area contributed by atoms with E-state index in [1.807, 2.05) is 0 Å². The molecule has 1 N–H and O–H groups in total. The molecule has 0 bridgehead atoms. The number of aliphatic hydroxyl groups is 1. The minimum absolute atomic E-state index is 0.0526. The molecule has 1 unspecified atom stereocenters. The molecular formula is C16H20Cl2N4O2S. The quantitative estimate of drug-likeness (QED) is 0.687. The van der Waals surface area contributed by atoms with Gasteiger partial charge in [-0.25, -0.2) is 9.67 Å². The molecule has 0 aliphatic rings. The van der Waals surface area contributed by atoms with Gasteiger partial charge in [0.05, 0.1) is 6.54 Å². The second-order valence-electron chi connectivity index (χ2n) is 5.84. The predicted octanol–water partition coefficient (Wildman–Crippen LogP) is 2.68. The molecule has 6 nitrogen and oxygen atoms in total. The van der Waals surface area contributed by atoms with E-state index in [1.54, 1.807) is 41.9 Å². The average molecular weight is 403 g/mol. The number of rotatable bonds is 8. The van der Waals surface area contributed by atoms with Crippen LogP contribution in [0.2, 0.25) is 10.0 Å². The average Bonchev–Trinajstić information content (AvgIpc) is 3.03. The highest BCUT2D eigenvalue weighted by Crippen LogP contribution is 2.34. The minimum Gasteiger partial charge on any atom is -0.382 e. The Morgan fingerprint density at radius 1 is 1.40 bits per heavy atom. The van der Waals surface area contributed by atoms with Gasteiger partial charge in [-0.15, -0.1) is 0 Å². The van der Waals surface area contributed by atoms with Gasteiger partial charge in [0.2, 0.25) is 5.91 Å². The van der Waals surface area contributed by atoms with Crippen LogP contribution < -0.4 is 0 Å². The van der Waals surface area contributed by atoms with Crippen LogP contribution in [0, 0.1) is 0 Å². The van der Waals surface area contributed by atoms with E-state index in [0.29, 0.717) is 33.5 Å². The van der Waals surface area contributed by atoms with Crippen molar-refractivity contribution in [2.24, 2.45) is 0 Å². The summed E-state index contributed by atoms with van der Waals surface area (Å²) in [6, 6.07) is 5.01. The summed E-state index contributed by atoms with van der Waals surface area (Å²) in [6.45, 7) is 0.197. The van der Waals surface area contributed by atoms with Crippen LogP contribution >= 0.6 is 35.0 Å². The van der Waals surface area contributed by atoms with Crippen LogP contribution in [0.1, 0.15) is 12.0 Å². The van der Waals surface area contributed by atoms with Gasteiger partial charge in [0.25, 0.3) is 0 Å². The van der Waals surface area contributed by atoms with Gasteiger partial charge in [0, 0.05) is 47.6 Å². The summed E-state index contributed by atoms with van der Waals surface area (Å²) in [5.41, 5.74) is -0.693. The van der Waals surface area contributed by atoms with Crippen LogP contribution in [0.25, 0.3) is 0 Å². The SMILES string of the molecule is CN(C)C(=O)CCSCC(O)(Cn1cncn1)c1ccc(Cl)cc1Cl. The molecule has 1 atom stereocenters. The van der Waals surface area contributed by atoms with E-state index in [2.05, 4.69) is 10.1 Å². The highest BCUT2D eigenvalue weighted by molar-refractivity contribution is 7.99. The van der Waals surface area contributed by atoms with E-state index in [4.69, 9.17) is 23.2 Å². The van der Waals surface area contributed by atoms with Gasteiger partial charge in [-0.05, 0) is 12.1 Å². The lowest BCUT2D eigenvalue weighted by Gasteiger charge is -2.29. The first-order chi connectivity index (χ1) is 11.8. The van der Waals surface area contributed by atoms with Crippen molar-refractivity contribution in [1.82, 2.24) is 19.7 Å². The Hall–Kier alpha value is -1.28. The molecule has 0 radical (unpaired) electrons. The van der Waals surface area contributed by atoms with Crippen molar-refractivity contribution in [2.75, 3.05) is 25.6 Å². The Labute approximate surface area is 161 Å². The second-order valence-corrected chi connectivity index (χ2v) is 7.79. The smallest absolute Gasteiger partial charge is 0.222 e. The molecule has 0 spiro atoms. The molecule has 1 aromatic heterocycles. The van der Waals surface area contributed by atoms with Gasteiger partial charge in [-0.2, -0.15) is 16.9 Å².